The molecule has 0 aliphatic heterocycles. The van der Waals surface area contributed by atoms with Crippen LogP contribution in [0.15, 0.2) is 62.7 Å². The SMILES string of the molecule is CCOc1ccccc1-c1nnc(SCc2nc(-c3cccc(C(F)(F)F)c3)no2)o1. The second-order valence-electron chi connectivity index (χ2n) is 6.18. The highest BCUT2D eigenvalue weighted by molar-refractivity contribution is 7.98. The predicted molar refractivity (Wildman–Crippen MR) is 105 cm³/mol. The molecule has 4 aromatic rings. The van der Waals surface area contributed by atoms with Gasteiger partial charge in [0, 0.05) is 5.56 Å². The van der Waals surface area contributed by atoms with Crippen LogP contribution in [0.1, 0.15) is 18.4 Å². The summed E-state index contributed by atoms with van der Waals surface area (Å²) in [4.78, 5) is 4.15. The maximum Gasteiger partial charge on any atom is 0.416 e. The number of para-hydroxylation sites is 1. The zero-order valence-corrected chi connectivity index (χ0v) is 16.9. The topological polar surface area (TPSA) is 87.1 Å². The van der Waals surface area contributed by atoms with Crippen LogP contribution >= 0.6 is 11.8 Å². The predicted octanol–water partition coefficient (Wildman–Crippen LogP) is 5.50. The maximum atomic E-state index is 12.9. The number of halogens is 3. The number of hydrogen-bond donors (Lipinski definition) is 0. The molecule has 0 N–H and O–H groups in total. The highest BCUT2D eigenvalue weighted by Gasteiger charge is 2.30. The fourth-order valence-corrected chi connectivity index (χ4v) is 3.29. The number of thioether (sulfide) groups is 1. The van der Waals surface area contributed by atoms with Gasteiger partial charge in [-0.25, -0.2) is 0 Å². The molecule has 4 rings (SSSR count). The number of hydrogen-bond acceptors (Lipinski definition) is 8. The molecule has 31 heavy (non-hydrogen) atoms. The summed E-state index contributed by atoms with van der Waals surface area (Å²) >= 11 is 1.17. The highest BCUT2D eigenvalue weighted by atomic mass is 32.2. The zero-order valence-electron chi connectivity index (χ0n) is 16.1. The van der Waals surface area contributed by atoms with Crippen LogP contribution in [-0.4, -0.2) is 26.9 Å². The van der Waals surface area contributed by atoms with E-state index in [1.807, 2.05) is 31.2 Å². The lowest BCUT2D eigenvalue weighted by Gasteiger charge is -2.06. The van der Waals surface area contributed by atoms with E-state index in [9.17, 15) is 13.2 Å². The molecule has 0 bridgehead atoms. The minimum absolute atomic E-state index is 0.0681. The molecule has 0 amide bonds. The number of nitrogens with zero attached hydrogens (tertiary/aromatic N) is 4. The molecule has 0 aliphatic rings. The molecule has 160 valence electrons. The molecule has 0 atom stereocenters. The molecule has 0 spiro atoms. The summed E-state index contributed by atoms with van der Waals surface area (Å²) in [5.41, 5.74) is 0.104. The van der Waals surface area contributed by atoms with E-state index in [-0.39, 0.29) is 28.3 Å². The normalized spacial score (nSPS) is 11.6. The van der Waals surface area contributed by atoms with Gasteiger partial charge in [0.1, 0.15) is 5.75 Å². The fourth-order valence-electron chi connectivity index (χ4n) is 2.69. The standard InChI is InChI=1S/C20H15F3N4O3S/c1-2-28-15-9-4-3-8-14(15)18-25-26-19(29-18)31-11-16-24-17(27-30-16)12-6-5-7-13(10-12)20(21,22)23/h3-10H,2,11H2,1H3. The zero-order chi connectivity index (χ0) is 21.8. The molecular weight excluding hydrogens is 433 g/mol. The smallest absolute Gasteiger partial charge is 0.416 e. The Morgan fingerprint density at radius 2 is 1.90 bits per heavy atom. The lowest BCUT2D eigenvalue weighted by molar-refractivity contribution is -0.137. The van der Waals surface area contributed by atoms with Crippen molar-refractivity contribution in [2.75, 3.05) is 6.61 Å². The lowest BCUT2D eigenvalue weighted by Crippen LogP contribution is -2.04. The van der Waals surface area contributed by atoms with Crippen molar-refractivity contribution in [1.82, 2.24) is 20.3 Å². The highest BCUT2D eigenvalue weighted by Crippen LogP contribution is 2.33. The first kappa shape index (κ1) is 20.9. The van der Waals surface area contributed by atoms with E-state index in [0.717, 1.165) is 12.1 Å². The second kappa shape index (κ2) is 8.80. The minimum Gasteiger partial charge on any atom is -0.493 e. The maximum absolute atomic E-state index is 12.9. The first-order valence-electron chi connectivity index (χ1n) is 9.12. The molecule has 0 fully saturated rings. The monoisotopic (exact) mass is 448 g/mol. The molecule has 7 nitrogen and oxygen atoms in total. The Labute approximate surface area is 178 Å². The van der Waals surface area contributed by atoms with Crippen molar-refractivity contribution in [3.63, 3.8) is 0 Å². The molecule has 2 heterocycles. The van der Waals surface area contributed by atoms with Crippen LogP contribution in [0.3, 0.4) is 0 Å². The van der Waals surface area contributed by atoms with Gasteiger partial charge in [0.05, 0.1) is 23.5 Å². The molecule has 11 heteroatoms. The van der Waals surface area contributed by atoms with E-state index >= 15 is 0 Å². The number of alkyl halides is 3. The summed E-state index contributed by atoms with van der Waals surface area (Å²) in [5, 5.41) is 12.1. The van der Waals surface area contributed by atoms with Crippen molar-refractivity contribution in [3.8, 4) is 28.6 Å². The molecular formula is C20H15F3N4O3S. The first-order chi connectivity index (χ1) is 14.9. The molecule has 0 unspecified atom stereocenters. The Bertz CT molecular complexity index is 1180. The number of benzene rings is 2. The summed E-state index contributed by atoms with van der Waals surface area (Å²) in [6, 6.07) is 12.0. The van der Waals surface area contributed by atoms with Crippen molar-refractivity contribution in [3.05, 3.63) is 60.0 Å². The van der Waals surface area contributed by atoms with Crippen LogP contribution < -0.4 is 4.74 Å². The number of aromatic nitrogens is 4. The lowest BCUT2D eigenvalue weighted by atomic mass is 10.1. The van der Waals surface area contributed by atoms with Gasteiger partial charge in [-0.2, -0.15) is 18.2 Å². The van der Waals surface area contributed by atoms with E-state index < -0.39 is 11.7 Å². The van der Waals surface area contributed by atoms with Gasteiger partial charge in [-0.15, -0.1) is 10.2 Å². The van der Waals surface area contributed by atoms with Crippen LogP contribution in [-0.2, 0) is 11.9 Å². The first-order valence-corrected chi connectivity index (χ1v) is 10.1. The number of ether oxygens (including phenoxy) is 1. The molecule has 2 aromatic carbocycles. The fraction of sp³-hybridized carbons (Fsp3) is 0.200. The summed E-state index contributed by atoms with van der Waals surface area (Å²) < 4.78 is 55.0. The average molecular weight is 448 g/mol. The third-order valence-corrected chi connectivity index (χ3v) is 4.86. The van der Waals surface area contributed by atoms with E-state index in [4.69, 9.17) is 13.7 Å². The van der Waals surface area contributed by atoms with Gasteiger partial charge < -0.3 is 13.7 Å². The summed E-state index contributed by atoms with van der Waals surface area (Å²) in [5.74, 6) is 1.43. The van der Waals surface area contributed by atoms with E-state index in [1.54, 1.807) is 0 Å². The van der Waals surface area contributed by atoms with Gasteiger partial charge >= 0.3 is 6.18 Å². The average Bonchev–Trinajstić information content (AvgIpc) is 3.42. The van der Waals surface area contributed by atoms with Crippen LogP contribution in [0.2, 0.25) is 0 Å². The van der Waals surface area contributed by atoms with E-state index in [2.05, 4.69) is 20.3 Å². The number of rotatable bonds is 7. The molecule has 0 saturated heterocycles. The van der Waals surface area contributed by atoms with E-state index in [0.29, 0.717) is 23.8 Å². The van der Waals surface area contributed by atoms with Gasteiger partial charge in [0.2, 0.25) is 11.7 Å². The van der Waals surface area contributed by atoms with Crippen molar-refractivity contribution < 1.29 is 26.8 Å². The van der Waals surface area contributed by atoms with Gasteiger partial charge in [0.15, 0.2) is 0 Å². The largest absolute Gasteiger partial charge is 0.493 e. The molecule has 2 aromatic heterocycles. The minimum atomic E-state index is -4.45. The van der Waals surface area contributed by atoms with Gasteiger partial charge in [-0.05, 0) is 31.2 Å². The third kappa shape index (κ3) is 4.88. The Hall–Kier alpha value is -3.34. The second-order valence-corrected chi connectivity index (χ2v) is 7.11. The van der Waals surface area contributed by atoms with Crippen molar-refractivity contribution >= 4 is 11.8 Å². The Morgan fingerprint density at radius 1 is 1.06 bits per heavy atom. The van der Waals surface area contributed by atoms with Crippen molar-refractivity contribution in [2.45, 2.75) is 24.1 Å². The Balaban J connectivity index is 1.45. The quantitative estimate of drug-likeness (QED) is 0.343. The Morgan fingerprint density at radius 3 is 2.71 bits per heavy atom. The van der Waals surface area contributed by atoms with Crippen LogP contribution in [0.25, 0.3) is 22.8 Å². The van der Waals surface area contributed by atoms with Gasteiger partial charge in [-0.1, -0.05) is 41.2 Å². The van der Waals surface area contributed by atoms with Gasteiger partial charge in [-0.3, -0.25) is 0 Å². The molecule has 0 radical (unpaired) electrons. The summed E-state index contributed by atoms with van der Waals surface area (Å²) in [6.45, 7) is 2.38. The van der Waals surface area contributed by atoms with Crippen molar-refractivity contribution in [2.24, 2.45) is 0 Å². The molecule has 0 aliphatic carbocycles. The van der Waals surface area contributed by atoms with Crippen molar-refractivity contribution in [1.29, 1.82) is 0 Å². The van der Waals surface area contributed by atoms with Crippen LogP contribution in [0, 0.1) is 0 Å². The molecule has 0 saturated carbocycles. The van der Waals surface area contributed by atoms with E-state index in [1.165, 1.54) is 23.9 Å². The summed E-state index contributed by atoms with van der Waals surface area (Å²) in [7, 11) is 0. The third-order valence-electron chi connectivity index (χ3n) is 4.06. The summed E-state index contributed by atoms with van der Waals surface area (Å²) in [6.07, 6.45) is -4.45. The van der Waals surface area contributed by atoms with Gasteiger partial charge in [0.25, 0.3) is 11.1 Å². The Kier molecular flexibility index (Phi) is 5.94. The van der Waals surface area contributed by atoms with Crippen LogP contribution in [0.4, 0.5) is 13.2 Å². The van der Waals surface area contributed by atoms with Crippen LogP contribution in [0.5, 0.6) is 5.75 Å².